The zero-order valence-electron chi connectivity index (χ0n) is 11.1. The van der Waals surface area contributed by atoms with Gasteiger partial charge in [-0.15, -0.1) is 0 Å². The van der Waals surface area contributed by atoms with Crippen LogP contribution in [0.25, 0.3) is 6.08 Å². The molecule has 0 amide bonds. The molecule has 0 saturated carbocycles. The van der Waals surface area contributed by atoms with E-state index in [9.17, 15) is 33.8 Å². The number of benzene rings is 1. The van der Waals surface area contributed by atoms with Crippen molar-refractivity contribution in [2.24, 2.45) is 0 Å². The van der Waals surface area contributed by atoms with Crippen molar-refractivity contribution < 1.29 is 33.8 Å². The predicted octanol–water partition coefficient (Wildman–Crippen LogP) is 1.36. The van der Waals surface area contributed by atoms with Crippen molar-refractivity contribution >= 4 is 21.3 Å². The average Bonchev–Trinajstić information content (AvgIpc) is 2.72. The van der Waals surface area contributed by atoms with E-state index < -0.39 is 26.2 Å². The summed E-state index contributed by atoms with van der Waals surface area (Å²) in [6.07, 6.45) is -0.0406. The number of aliphatic hydroxyl groups is 1. The van der Waals surface area contributed by atoms with Gasteiger partial charge >= 0.3 is 15.2 Å². The second kappa shape index (κ2) is 5.14. The van der Waals surface area contributed by atoms with E-state index in [1.54, 1.807) is 13.0 Å². The van der Waals surface area contributed by atoms with Gasteiger partial charge in [0.15, 0.2) is 0 Å². The summed E-state index contributed by atoms with van der Waals surface area (Å²) in [4.78, 5) is 36.1. The Hall–Kier alpha value is -0.780. The minimum atomic E-state index is -5.31. The van der Waals surface area contributed by atoms with Gasteiger partial charge in [-0.25, -0.2) is 0 Å². The lowest BCUT2D eigenvalue weighted by Gasteiger charge is -2.36. The van der Waals surface area contributed by atoms with Crippen LogP contribution in [-0.2, 0) is 14.0 Å². The fourth-order valence-corrected chi connectivity index (χ4v) is 6.22. The summed E-state index contributed by atoms with van der Waals surface area (Å²) in [5.74, 6) is 0. The molecule has 1 aromatic rings. The molecule has 0 heterocycles. The zero-order chi connectivity index (χ0) is 16.1. The van der Waals surface area contributed by atoms with Crippen LogP contribution in [0.4, 0.5) is 0 Å². The molecule has 1 unspecified atom stereocenters. The molecule has 0 saturated heterocycles. The van der Waals surface area contributed by atoms with Gasteiger partial charge in [-0.1, -0.05) is 37.3 Å². The van der Waals surface area contributed by atoms with Gasteiger partial charge in [-0.2, -0.15) is 0 Å². The van der Waals surface area contributed by atoms with Gasteiger partial charge in [0.05, 0.1) is 6.10 Å². The van der Waals surface area contributed by atoms with Gasteiger partial charge in [0, 0.05) is 0 Å². The Morgan fingerprint density at radius 2 is 1.62 bits per heavy atom. The Bertz CT molecular complexity index is 663. The molecule has 1 aliphatic carbocycles. The number of rotatable bonds is 4. The number of hydrogen-bond acceptors (Lipinski definition) is 3. The maximum Gasteiger partial charge on any atom is 0.352 e. The third kappa shape index (κ3) is 2.26. The molecule has 9 heteroatoms. The van der Waals surface area contributed by atoms with E-state index >= 15 is 0 Å². The van der Waals surface area contributed by atoms with Crippen molar-refractivity contribution in [3.8, 4) is 0 Å². The van der Waals surface area contributed by atoms with Crippen molar-refractivity contribution in [1.29, 1.82) is 0 Å². The van der Waals surface area contributed by atoms with Crippen LogP contribution in [0.5, 0.6) is 0 Å². The molecule has 7 nitrogen and oxygen atoms in total. The SMILES string of the molecule is CCC(O)C1=Cc2ccccc2C1(P(=O)(O)O)P(=O)(O)O. The Morgan fingerprint density at radius 3 is 2.10 bits per heavy atom. The smallest absolute Gasteiger partial charge is 0.352 e. The monoisotopic (exact) mass is 334 g/mol. The topological polar surface area (TPSA) is 135 Å². The molecule has 0 aliphatic heterocycles. The van der Waals surface area contributed by atoms with Crippen molar-refractivity contribution in [2.45, 2.75) is 24.3 Å². The van der Waals surface area contributed by atoms with Crippen LogP contribution >= 0.6 is 15.2 Å². The Labute approximate surface area is 121 Å². The van der Waals surface area contributed by atoms with Gasteiger partial charge < -0.3 is 24.7 Å². The highest BCUT2D eigenvalue weighted by molar-refractivity contribution is 7.72. The Morgan fingerprint density at radius 1 is 1.10 bits per heavy atom. The molecule has 2 rings (SSSR count). The molecular formula is C12H16O7P2. The first-order valence-electron chi connectivity index (χ1n) is 6.18. The summed E-state index contributed by atoms with van der Waals surface area (Å²) < 4.78 is 24.1. The number of hydrogen-bond donors (Lipinski definition) is 5. The van der Waals surface area contributed by atoms with Gasteiger partial charge in [-0.05, 0) is 23.1 Å². The lowest BCUT2D eigenvalue weighted by molar-refractivity contribution is 0.195. The van der Waals surface area contributed by atoms with E-state index in [4.69, 9.17) is 0 Å². The van der Waals surface area contributed by atoms with Crippen LogP contribution in [-0.4, -0.2) is 30.8 Å². The lowest BCUT2D eigenvalue weighted by Crippen LogP contribution is -2.32. The molecule has 1 aliphatic rings. The molecule has 1 aromatic carbocycles. The van der Waals surface area contributed by atoms with Gasteiger partial charge in [-0.3, -0.25) is 9.13 Å². The van der Waals surface area contributed by atoms with E-state index in [0.29, 0.717) is 0 Å². The van der Waals surface area contributed by atoms with E-state index in [0.717, 1.165) is 0 Å². The van der Waals surface area contributed by atoms with Gasteiger partial charge in [0.25, 0.3) is 0 Å². The minimum Gasteiger partial charge on any atom is -0.389 e. The van der Waals surface area contributed by atoms with E-state index in [2.05, 4.69) is 0 Å². The van der Waals surface area contributed by atoms with Crippen LogP contribution in [0.3, 0.4) is 0 Å². The van der Waals surface area contributed by atoms with E-state index in [1.165, 1.54) is 24.3 Å². The molecular weight excluding hydrogens is 318 g/mol. The van der Waals surface area contributed by atoms with Crippen molar-refractivity contribution in [2.75, 3.05) is 0 Å². The molecule has 5 N–H and O–H groups in total. The molecule has 0 fully saturated rings. The molecule has 21 heavy (non-hydrogen) atoms. The first kappa shape index (κ1) is 16.6. The highest BCUT2D eigenvalue weighted by atomic mass is 31.2. The average molecular weight is 334 g/mol. The molecule has 116 valence electrons. The number of fused-ring (bicyclic) bond motifs is 1. The molecule has 0 spiro atoms. The summed E-state index contributed by atoms with van der Waals surface area (Å²) in [6.45, 7) is 1.55. The predicted molar refractivity (Wildman–Crippen MR) is 76.5 cm³/mol. The molecule has 0 radical (unpaired) electrons. The summed E-state index contributed by atoms with van der Waals surface area (Å²) in [7, 11) is -10.6. The normalized spacial score (nSPS) is 19.0. The quantitative estimate of drug-likeness (QED) is 0.525. The fourth-order valence-electron chi connectivity index (χ4n) is 2.73. The third-order valence-corrected chi connectivity index (χ3v) is 7.89. The Kier molecular flexibility index (Phi) is 4.06. The zero-order valence-corrected chi connectivity index (χ0v) is 12.9. The highest BCUT2D eigenvalue weighted by Crippen LogP contribution is 2.80. The van der Waals surface area contributed by atoms with Crippen LogP contribution in [0.1, 0.15) is 24.5 Å². The van der Waals surface area contributed by atoms with Crippen LogP contribution in [0.2, 0.25) is 0 Å². The Balaban J connectivity index is 2.91. The number of aliphatic hydroxyl groups excluding tert-OH is 1. The second-order valence-electron chi connectivity index (χ2n) is 4.87. The standard InChI is InChI=1S/C12H16O7P2/c1-2-11(13)10-7-8-5-3-4-6-9(8)12(10,20(14,15)16)21(17,18)19/h3-7,11,13H,2H2,1H3,(H2,14,15,16)(H2,17,18,19). The summed E-state index contributed by atoms with van der Waals surface area (Å²) in [5, 5.41) is 10.0. The molecule has 0 bridgehead atoms. The van der Waals surface area contributed by atoms with E-state index in [-0.39, 0.29) is 23.1 Å². The third-order valence-electron chi connectivity index (χ3n) is 3.64. The lowest BCUT2D eigenvalue weighted by atomic mass is 10.0. The highest BCUT2D eigenvalue weighted by Gasteiger charge is 2.67. The van der Waals surface area contributed by atoms with E-state index in [1.807, 2.05) is 0 Å². The minimum absolute atomic E-state index is 0.0710. The van der Waals surface area contributed by atoms with Gasteiger partial charge in [0.1, 0.15) is 0 Å². The summed E-state index contributed by atoms with van der Waals surface area (Å²) >= 11 is 0. The van der Waals surface area contributed by atoms with Crippen molar-refractivity contribution in [3.63, 3.8) is 0 Å². The van der Waals surface area contributed by atoms with Crippen LogP contribution in [0.15, 0.2) is 29.8 Å². The fraction of sp³-hybridized carbons (Fsp3) is 0.333. The van der Waals surface area contributed by atoms with Crippen molar-refractivity contribution in [1.82, 2.24) is 0 Å². The first-order valence-corrected chi connectivity index (χ1v) is 9.40. The van der Waals surface area contributed by atoms with Gasteiger partial charge in [0.2, 0.25) is 4.90 Å². The maximum absolute atomic E-state index is 12.0. The summed E-state index contributed by atoms with van der Waals surface area (Å²) in [5.41, 5.74) is -0.214. The second-order valence-corrected chi connectivity index (χ2v) is 8.74. The van der Waals surface area contributed by atoms with Crippen LogP contribution < -0.4 is 0 Å². The first-order chi connectivity index (χ1) is 9.57. The van der Waals surface area contributed by atoms with Crippen molar-refractivity contribution in [3.05, 3.63) is 41.0 Å². The maximum atomic E-state index is 12.0. The van der Waals surface area contributed by atoms with Crippen LogP contribution in [0, 0.1) is 0 Å². The molecule has 1 atom stereocenters. The molecule has 0 aromatic heterocycles. The largest absolute Gasteiger partial charge is 0.389 e. The summed E-state index contributed by atoms with van der Waals surface area (Å²) in [6, 6.07) is 5.78.